The average molecular weight is 360 g/mol. The Bertz CT molecular complexity index is 597. The Hall–Kier alpha value is -0.720. The number of halogens is 1. The molecule has 2 atom stereocenters. The van der Waals surface area contributed by atoms with Crippen LogP contribution in [0.15, 0.2) is 29.2 Å². The van der Waals surface area contributed by atoms with Crippen molar-refractivity contribution in [1.82, 2.24) is 4.31 Å². The molecule has 1 aromatic carbocycles. The first-order chi connectivity index (χ1) is 9.32. The molecule has 1 saturated heterocycles. The second kappa shape index (κ2) is 5.95. The van der Waals surface area contributed by atoms with Crippen molar-refractivity contribution in [3.63, 3.8) is 0 Å². The summed E-state index contributed by atoms with van der Waals surface area (Å²) in [5.41, 5.74) is 1.02. The van der Waals surface area contributed by atoms with Crippen molar-refractivity contribution < 1.29 is 13.2 Å². The Morgan fingerprint density at radius 3 is 2.45 bits per heavy atom. The van der Waals surface area contributed by atoms with E-state index in [9.17, 15) is 13.2 Å². The molecule has 2 rings (SSSR count). The van der Waals surface area contributed by atoms with Crippen LogP contribution in [-0.2, 0) is 14.8 Å². The van der Waals surface area contributed by atoms with Gasteiger partial charge in [0.2, 0.25) is 10.0 Å². The third kappa shape index (κ3) is 3.13. The fourth-order valence-corrected chi connectivity index (χ4v) is 4.69. The zero-order valence-electron chi connectivity index (χ0n) is 11.5. The summed E-state index contributed by atoms with van der Waals surface area (Å²) in [7, 11) is -3.53. The van der Waals surface area contributed by atoms with Gasteiger partial charge in [0.15, 0.2) is 5.78 Å². The lowest BCUT2D eigenvalue weighted by Gasteiger charge is -2.21. The molecule has 0 bridgehead atoms. The molecule has 1 aliphatic heterocycles. The summed E-state index contributed by atoms with van der Waals surface area (Å²) in [6, 6.07) is 6.79. The van der Waals surface area contributed by atoms with Crippen LogP contribution < -0.4 is 0 Å². The largest absolute Gasteiger partial charge is 0.298 e. The third-order valence-electron chi connectivity index (χ3n) is 3.63. The number of carbonyl (C=O) groups excluding carboxylic acids is 1. The van der Waals surface area contributed by atoms with Crippen LogP contribution in [0, 0.1) is 12.8 Å². The SMILES string of the molecule is Cc1ccc(S(=O)(=O)N2CC[C@@H](C)C(=O)[C@H](Br)C2)cc1. The lowest BCUT2D eigenvalue weighted by molar-refractivity contribution is -0.121. The predicted octanol–water partition coefficient (Wildman–Crippen LogP) is 2.36. The van der Waals surface area contributed by atoms with Crippen molar-refractivity contribution in [2.24, 2.45) is 5.92 Å². The van der Waals surface area contributed by atoms with Gasteiger partial charge in [0, 0.05) is 19.0 Å². The van der Waals surface area contributed by atoms with Crippen LogP contribution in [0.4, 0.5) is 0 Å². The molecule has 0 unspecified atom stereocenters. The van der Waals surface area contributed by atoms with Gasteiger partial charge >= 0.3 is 0 Å². The van der Waals surface area contributed by atoms with E-state index in [-0.39, 0.29) is 23.1 Å². The Morgan fingerprint density at radius 2 is 1.85 bits per heavy atom. The molecule has 110 valence electrons. The van der Waals surface area contributed by atoms with E-state index in [2.05, 4.69) is 15.9 Å². The van der Waals surface area contributed by atoms with E-state index in [0.717, 1.165) is 5.56 Å². The Balaban J connectivity index is 2.29. The van der Waals surface area contributed by atoms with Crippen LogP contribution >= 0.6 is 15.9 Å². The fourth-order valence-electron chi connectivity index (χ4n) is 2.23. The van der Waals surface area contributed by atoms with Gasteiger partial charge in [-0.3, -0.25) is 4.79 Å². The van der Waals surface area contributed by atoms with Crippen molar-refractivity contribution in [2.45, 2.75) is 30.0 Å². The summed E-state index contributed by atoms with van der Waals surface area (Å²) in [4.78, 5) is 11.8. The quantitative estimate of drug-likeness (QED) is 0.761. The van der Waals surface area contributed by atoms with E-state index in [1.165, 1.54) is 4.31 Å². The highest BCUT2D eigenvalue weighted by Crippen LogP contribution is 2.24. The molecule has 0 aromatic heterocycles. The predicted molar refractivity (Wildman–Crippen MR) is 81.4 cm³/mol. The summed E-state index contributed by atoms with van der Waals surface area (Å²) in [6.07, 6.45) is 0.562. The van der Waals surface area contributed by atoms with Crippen molar-refractivity contribution in [3.8, 4) is 0 Å². The topological polar surface area (TPSA) is 54.5 Å². The summed E-state index contributed by atoms with van der Waals surface area (Å²) in [5.74, 6) is -0.0378. The smallest absolute Gasteiger partial charge is 0.243 e. The molecule has 1 fully saturated rings. The molecule has 4 nitrogen and oxygen atoms in total. The second-order valence-electron chi connectivity index (χ2n) is 5.24. The van der Waals surface area contributed by atoms with Crippen LogP contribution in [0.3, 0.4) is 0 Å². The maximum atomic E-state index is 12.6. The first-order valence-corrected chi connectivity index (χ1v) is 8.92. The zero-order valence-corrected chi connectivity index (χ0v) is 13.9. The van der Waals surface area contributed by atoms with Gasteiger partial charge in [0.05, 0.1) is 9.72 Å². The summed E-state index contributed by atoms with van der Waals surface area (Å²) >= 11 is 3.31. The van der Waals surface area contributed by atoms with Gasteiger partial charge in [-0.1, -0.05) is 40.5 Å². The number of aryl methyl sites for hydroxylation is 1. The molecule has 0 N–H and O–H groups in total. The standard InChI is InChI=1S/C14H18BrNO3S/c1-10-3-5-12(6-4-10)20(18,19)16-8-7-11(2)14(17)13(15)9-16/h3-6,11,13H,7-9H2,1-2H3/t11-,13-/m1/s1. The van der Waals surface area contributed by atoms with E-state index >= 15 is 0 Å². The maximum Gasteiger partial charge on any atom is 0.243 e. The average Bonchev–Trinajstić information content (AvgIpc) is 2.53. The molecule has 1 heterocycles. The van der Waals surface area contributed by atoms with Gasteiger partial charge in [-0.05, 0) is 25.5 Å². The van der Waals surface area contributed by atoms with Gasteiger partial charge in [0.25, 0.3) is 0 Å². The van der Waals surface area contributed by atoms with Crippen LogP contribution in [0.1, 0.15) is 18.9 Å². The Morgan fingerprint density at radius 1 is 1.25 bits per heavy atom. The number of hydrogen-bond acceptors (Lipinski definition) is 3. The highest BCUT2D eigenvalue weighted by molar-refractivity contribution is 9.10. The minimum Gasteiger partial charge on any atom is -0.298 e. The monoisotopic (exact) mass is 359 g/mol. The Kier molecular flexibility index (Phi) is 4.66. The minimum absolute atomic E-state index is 0.0756. The highest BCUT2D eigenvalue weighted by Gasteiger charge is 2.34. The number of nitrogens with zero attached hydrogens (tertiary/aromatic N) is 1. The molecular weight excluding hydrogens is 342 g/mol. The molecule has 1 aliphatic rings. The molecule has 0 amide bonds. The van der Waals surface area contributed by atoms with Gasteiger partial charge < -0.3 is 0 Å². The van der Waals surface area contributed by atoms with Crippen molar-refractivity contribution in [3.05, 3.63) is 29.8 Å². The first kappa shape index (κ1) is 15.7. The molecule has 0 radical (unpaired) electrons. The molecule has 0 spiro atoms. The van der Waals surface area contributed by atoms with Crippen LogP contribution in [0.25, 0.3) is 0 Å². The van der Waals surface area contributed by atoms with Crippen LogP contribution in [-0.4, -0.2) is 36.4 Å². The molecule has 1 aromatic rings. The van der Waals surface area contributed by atoms with E-state index in [1.807, 2.05) is 13.8 Å². The van der Waals surface area contributed by atoms with Crippen LogP contribution in [0.5, 0.6) is 0 Å². The van der Waals surface area contributed by atoms with Gasteiger partial charge in [-0.2, -0.15) is 4.31 Å². The maximum absolute atomic E-state index is 12.6. The lowest BCUT2D eigenvalue weighted by Crippen LogP contribution is -2.36. The van der Waals surface area contributed by atoms with Crippen molar-refractivity contribution in [2.75, 3.05) is 13.1 Å². The number of ketones is 1. The molecule has 6 heteroatoms. The zero-order chi connectivity index (χ0) is 14.9. The van der Waals surface area contributed by atoms with Gasteiger partial charge in [0.1, 0.15) is 0 Å². The summed E-state index contributed by atoms with van der Waals surface area (Å²) in [6.45, 7) is 4.33. The number of rotatable bonds is 2. The molecule has 0 aliphatic carbocycles. The fraction of sp³-hybridized carbons (Fsp3) is 0.500. The molecule has 0 saturated carbocycles. The van der Waals surface area contributed by atoms with Crippen molar-refractivity contribution in [1.29, 1.82) is 0 Å². The summed E-state index contributed by atoms with van der Waals surface area (Å²) in [5, 5.41) is 0. The number of carbonyl (C=O) groups is 1. The van der Waals surface area contributed by atoms with Gasteiger partial charge in [-0.15, -0.1) is 0 Å². The number of hydrogen-bond donors (Lipinski definition) is 0. The number of benzene rings is 1. The highest BCUT2D eigenvalue weighted by atomic mass is 79.9. The third-order valence-corrected chi connectivity index (χ3v) is 6.25. The van der Waals surface area contributed by atoms with E-state index < -0.39 is 14.9 Å². The lowest BCUT2D eigenvalue weighted by atomic mass is 10.0. The summed E-state index contributed by atoms with van der Waals surface area (Å²) < 4.78 is 26.6. The number of alkyl halides is 1. The normalized spacial score (nSPS) is 25.4. The van der Waals surface area contributed by atoms with Crippen LogP contribution in [0.2, 0.25) is 0 Å². The second-order valence-corrected chi connectivity index (χ2v) is 8.28. The molecular formula is C14H18BrNO3S. The van der Waals surface area contributed by atoms with Crippen molar-refractivity contribution >= 4 is 31.7 Å². The van der Waals surface area contributed by atoms with E-state index in [4.69, 9.17) is 0 Å². The number of Topliss-reactive ketones (excluding diaryl/α,β-unsaturated/α-hetero) is 1. The van der Waals surface area contributed by atoms with Gasteiger partial charge in [-0.25, -0.2) is 8.42 Å². The Labute approximate surface area is 128 Å². The van der Waals surface area contributed by atoms with E-state index in [1.54, 1.807) is 24.3 Å². The number of sulfonamides is 1. The van der Waals surface area contributed by atoms with E-state index in [0.29, 0.717) is 13.0 Å². The first-order valence-electron chi connectivity index (χ1n) is 6.57. The molecule has 20 heavy (non-hydrogen) atoms. The minimum atomic E-state index is -3.53.